The van der Waals surface area contributed by atoms with E-state index in [2.05, 4.69) is 28.9 Å². The highest BCUT2D eigenvalue weighted by molar-refractivity contribution is 9.10. The fourth-order valence-electron chi connectivity index (χ4n) is 2.47. The van der Waals surface area contributed by atoms with Gasteiger partial charge in [-0.1, -0.05) is 25.7 Å². The SMILES string of the molecule is Cc1cc(Br)c(C(N)CC2CCCC2)s1. The van der Waals surface area contributed by atoms with E-state index < -0.39 is 0 Å². The van der Waals surface area contributed by atoms with Crippen LogP contribution in [0.2, 0.25) is 0 Å². The maximum atomic E-state index is 6.27. The Morgan fingerprint density at radius 3 is 2.73 bits per heavy atom. The monoisotopic (exact) mass is 287 g/mol. The van der Waals surface area contributed by atoms with Gasteiger partial charge in [0.25, 0.3) is 0 Å². The predicted octanol–water partition coefficient (Wildman–Crippen LogP) is 4.40. The first kappa shape index (κ1) is 11.6. The molecule has 0 bridgehead atoms. The molecule has 84 valence electrons. The molecule has 1 unspecified atom stereocenters. The van der Waals surface area contributed by atoms with Gasteiger partial charge in [-0.3, -0.25) is 0 Å². The lowest BCUT2D eigenvalue weighted by Crippen LogP contribution is -2.13. The van der Waals surface area contributed by atoms with Gasteiger partial charge in [0.2, 0.25) is 0 Å². The topological polar surface area (TPSA) is 26.0 Å². The van der Waals surface area contributed by atoms with Crippen LogP contribution in [-0.4, -0.2) is 0 Å². The maximum absolute atomic E-state index is 6.27. The van der Waals surface area contributed by atoms with Crippen molar-refractivity contribution in [1.29, 1.82) is 0 Å². The lowest BCUT2D eigenvalue weighted by Gasteiger charge is -2.15. The molecule has 1 aromatic rings. The fourth-order valence-corrected chi connectivity index (χ4v) is 4.43. The van der Waals surface area contributed by atoms with Crippen molar-refractivity contribution in [3.05, 3.63) is 20.3 Å². The predicted molar refractivity (Wildman–Crippen MR) is 70.3 cm³/mol. The van der Waals surface area contributed by atoms with E-state index in [1.54, 1.807) is 0 Å². The molecule has 0 saturated heterocycles. The van der Waals surface area contributed by atoms with E-state index in [-0.39, 0.29) is 6.04 Å². The average molecular weight is 288 g/mol. The van der Waals surface area contributed by atoms with Crippen LogP contribution < -0.4 is 5.73 Å². The zero-order chi connectivity index (χ0) is 10.8. The second-order valence-corrected chi connectivity index (χ2v) is 6.70. The standard InChI is InChI=1S/C12H18BrNS/c1-8-6-10(13)12(15-8)11(14)7-9-4-2-3-5-9/h6,9,11H,2-5,7,14H2,1H3. The molecule has 1 nitrogen and oxygen atoms in total. The molecule has 2 N–H and O–H groups in total. The van der Waals surface area contributed by atoms with Crippen molar-refractivity contribution >= 4 is 27.3 Å². The number of hydrogen-bond donors (Lipinski definition) is 1. The van der Waals surface area contributed by atoms with Gasteiger partial charge in [-0.2, -0.15) is 0 Å². The zero-order valence-corrected chi connectivity index (χ0v) is 11.5. The lowest BCUT2D eigenvalue weighted by molar-refractivity contribution is 0.453. The van der Waals surface area contributed by atoms with Gasteiger partial charge in [0.1, 0.15) is 0 Å². The summed E-state index contributed by atoms with van der Waals surface area (Å²) in [6.07, 6.45) is 6.74. The molecule has 0 amide bonds. The van der Waals surface area contributed by atoms with E-state index in [1.807, 2.05) is 11.3 Å². The first-order valence-electron chi connectivity index (χ1n) is 5.68. The van der Waals surface area contributed by atoms with Crippen molar-refractivity contribution in [3.63, 3.8) is 0 Å². The van der Waals surface area contributed by atoms with Crippen LogP contribution in [0.3, 0.4) is 0 Å². The van der Waals surface area contributed by atoms with Gasteiger partial charge >= 0.3 is 0 Å². The van der Waals surface area contributed by atoms with E-state index in [1.165, 1.54) is 46.3 Å². The molecule has 2 rings (SSSR count). The largest absolute Gasteiger partial charge is 0.323 e. The minimum absolute atomic E-state index is 0.237. The summed E-state index contributed by atoms with van der Waals surface area (Å²) in [6.45, 7) is 2.14. The number of nitrogens with two attached hydrogens (primary N) is 1. The van der Waals surface area contributed by atoms with Crippen molar-refractivity contribution in [2.45, 2.75) is 45.1 Å². The molecule has 1 aliphatic carbocycles. The molecule has 3 heteroatoms. The highest BCUT2D eigenvalue weighted by atomic mass is 79.9. The first-order chi connectivity index (χ1) is 7.16. The van der Waals surface area contributed by atoms with Crippen molar-refractivity contribution in [1.82, 2.24) is 0 Å². The molecule has 1 aliphatic rings. The second-order valence-electron chi connectivity index (χ2n) is 4.56. The zero-order valence-electron chi connectivity index (χ0n) is 9.13. The molecular formula is C12H18BrNS. The van der Waals surface area contributed by atoms with Crippen LogP contribution in [0.15, 0.2) is 10.5 Å². The Bertz CT molecular complexity index is 328. The summed E-state index contributed by atoms with van der Waals surface area (Å²) < 4.78 is 1.20. The number of hydrogen-bond acceptors (Lipinski definition) is 2. The molecule has 0 aliphatic heterocycles. The Kier molecular flexibility index (Phi) is 3.86. The number of aryl methyl sites for hydroxylation is 1. The van der Waals surface area contributed by atoms with Crippen molar-refractivity contribution in [3.8, 4) is 0 Å². The Hall–Kier alpha value is 0.140. The Labute approximate surface area is 104 Å². The van der Waals surface area contributed by atoms with E-state index in [0.717, 1.165) is 5.92 Å². The van der Waals surface area contributed by atoms with Gasteiger partial charge in [-0.25, -0.2) is 0 Å². The van der Waals surface area contributed by atoms with Crippen molar-refractivity contribution in [2.75, 3.05) is 0 Å². The molecular weight excluding hydrogens is 270 g/mol. The summed E-state index contributed by atoms with van der Waals surface area (Å²) in [5.41, 5.74) is 6.27. The minimum Gasteiger partial charge on any atom is -0.323 e. The molecule has 1 aromatic heterocycles. The van der Waals surface area contributed by atoms with Gasteiger partial charge in [-0.15, -0.1) is 11.3 Å². The quantitative estimate of drug-likeness (QED) is 0.876. The van der Waals surface area contributed by atoms with Crippen molar-refractivity contribution < 1.29 is 0 Å². The normalized spacial score (nSPS) is 19.7. The molecule has 0 radical (unpaired) electrons. The van der Waals surface area contributed by atoms with Gasteiger partial charge in [0.05, 0.1) is 0 Å². The molecule has 1 heterocycles. The van der Waals surface area contributed by atoms with Crippen molar-refractivity contribution in [2.24, 2.45) is 11.7 Å². The summed E-state index contributed by atoms with van der Waals surface area (Å²) >= 11 is 5.43. The minimum atomic E-state index is 0.237. The van der Waals surface area contributed by atoms with Crippen LogP contribution in [0.1, 0.15) is 47.9 Å². The van der Waals surface area contributed by atoms with Crippen LogP contribution >= 0.6 is 27.3 Å². The van der Waals surface area contributed by atoms with Crippen LogP contribution in [0.5, 0.6) is 0 Å². The summed E-state index contributed by atoms with van der Waals surface area (Å²) in [4.78, 5) is 2.68. The van der Waals surface area contributed by atoms with Crippen LogP contribution in [-0.2, 0) is 0 Å². The van der Waals surface area contributed by atoms with Gasteiger partial charge < -0.3 is 5.73 Å². The van der Waals surface area contributed by atoms with Gasteiger partial charge in [0, 0.05) is 20.3 Å². The summed E-state index contributed by atoms with van der Waals surface area (Å²) in [5.74, 6) is 0.870. The molecule has 1 saturated carbocycles. The third-order valence-corrected chi connectivity index (χ3v) is 5.34. The van der Waals surface area contributed by atoms with Crippen LogP contribution in [0, 0.1) is 12.8 Å². The number of halogens is 1. The lowest BCUT2D eigenvalue weighted by atomic mass is 9.98. The van der Waals surface area contributed by atoms with E-state index >= 15 is 0 Å². The molecule has 1 atom stereocenters. The van der Waals surface area contributed by atoms with E-state index in [4.69, 9.17) is 5.73 Å². The first-order valence-corrected chi connectivity index (χ1v) is 7.29. The molecule has 0 aromatic carbocycles. The molecule has 15 heavy (non-hydrogen) atoms. The fraction of sp³-hybridized carbons (Fsp3) is 0.667. The van der Waals surface area contributed by atoms with Gasteiger partial charge in [-0.05, 0) is 41.3 Å². The third-order valence-electron chi connectivity index (χ3n) is 3.24. The smallest absolute Gasteiger partial charge is 0.0403 e. The molecule has 1 fully saturated rings. The summed E-state index contributed by atoms with van der Waals surface area (Å²) in [6, 6.07) is 2.41. The second kappa shape index (κ2) is 4.98. The Balaban J connectivity index is 2.00. The third kappa shape index (κ3) is 2.83. The Morgan fingerprint density at radius 1 is 1.53 bits per heavy atom. The molecule has 0 spiro atoms. The van der Waals surface area contributed by atoms with Crippen LogP contribution in [0.25, 0.3) is 0 Å². The van der Waals surface area contributed by atoms with E-state index in [9.17, 15) is 0 Å². The maximum Gasteiger partial charge on any atom is 0.0403 e. The highest BCUT2D eigenvalue weighted by Gasteiger charge is 2.21. The van der Waals surface area contributed by atoms with Gasteiger partial charge in [0.15, 0.2) is 0 Å². The number of rotatable bonds is 3. The average Bonchev–Trinajstić information content (AvgIpc) is 2.75. The summed E-state index contributed by atoms with van der Waals surface area (Å²) in [7, 11) is 0. The Morgan fingerprint density at radius 2 is 2.20 bits per heavy atom. The highest BCUT2D eigenvalue weighted by Crippen LogP contribution is 2.37. The number of thiophene rings is 1. The summed E-state index contributed by atoms with van der Waals surface area (Å²) in [5, 5.41) is 0. The van der Waals surface area contributed by atoms with Crippen LogP contribution in [0.4, 0.5) is 0 Å². The van der Waals surface area contributed by atoms with E-state index in [0.29, 0.717) is 0 Å².